The van der Waals surface area contributed by atoms with Gasteiger partial charge in [0, 0.05) is 50.8 Å². The van der Waals surface area contributed by atoms with E-state index in [4.69, 9.17) is 0 Å². The third-order valence-electron chi connectivity index (χ3n) is 9.52. The Morgan fingerprint density at radius 1 is 0.913 bits per heavy atom. The fraction of sp³-hybridized carbons (Fsp3) is 0.600. The third kappa shape index (κ3) is 8.74. The topological polar surface area (TPSA) is 116 Å². The first kappa shape index (κ1) is 35.1. The zero-order chi connectivity index (χ0) is 33.4. The summed E-state index contributed by atoms with van der Waals surface area (Å²) in [5, 5.41) is 8.53. The lowest BCUT2D eigenvalue weighted by Gasteiger charge is -2.36. The van der Waals surface area contributed by atoms with E-state index in [0.29, 0.717) is 24.5 Å². The van der Waals surface area contributed by atoms with E-state index in [9.17, 15) is 19.2 Å². The first-order valence-electron chi connectivity index (χ1n) is 16.8. The molecule has 4 rings (SSSR count). The summed E-state index contributed by atoms with van der Waals surface area (Å²) in [6.45, 7) is 10.1. The van der Waals surface area contributed by atoms with Crippen LogP contribution < -0.4 is 16.0 Å². The van der Waals surface area contributed by atoms with E-state index in [1.165, 1.54) is 12.1 Å². The normalized spacial score (nSPS) is 18.4. The molecular formula is C35H51FN6O4. The van der Waals surface area contributed by atoms with Crippen molar-refractivity contribution in [2.45, 2.75) is 90.6 Å². The van der Waals surface area contributed by atoms with E-state index in [1.54, 1.807) is 24.8 Å². The fourth-order valence-electron chi connectivity index (χ4n) is 6.56. The highest BCUT2D eigenvalue weighted by atomic mass is 19.1. The monoisotopic (exact) mass is 638 g/mol. The number of hydrogen-bond donors (Lipinski definition) is 3. The molecule has 0 radical (unpaired) electrons. The van der Waals surface area contributed by atoms with Gasteiger partial charge in [-0.15, -0.1) is 0 Å². The number of halogens is 1. The van der Waals surface area contributed by atoms with Gasteiger partial charge in [-0.3, -0.25) is 19.2 Å². The molecule has 4 amide bonds. The van der Waals surface area contributed by atoms with Crippen molar-refractivity contribution < 1.29 is 23.6 Å². The Balaban J connectivity index is 1.53. The second kappa shape index (κ2) is 16.2. The van der Waals surface area contributed by atoms with Crippen LogP contribution in [0, 0.1) is 17.7 Å². The first-order chi connectivity index (χ1) is 22.0. The van der Waals surface area contributed by atoms with Crippen molar-refractivity contribution in [2.75, 3.05) is 43.9 Å². The summed E-state index contributed by atoms with van der Waals surface area (Å²) in [4.78, 5) is 57.4. The summed E-state index contributed by atoms with van der Waals surface area (Å²) < 4.78 is 17.6. The van der Waals surface area contributed by atoms with Crippen LogP contribution in [-0.4, -0.2) is 77.3 Å². The van der Waals surface area contributed by atoms with Crippen LogP contribution in [0.4, 0.5) is 15.9 Å². The van der Waals surface area contributed by atoms with Crippen LogP contribution in [-0.2, 0) is 19.2 Å². The van der Waals surface area contributed by atoms with E-state index in [-0.39, 0.29) is 35.9 Å². The summed E-state index contributed by atoms with van der Waals surface area (Å²) in [5.74, 6) is -3.10. The second-order valence-electron chi connectivity index (χ2n) is 13.2. The number of hydrogen-bond acceptors (Lipinski definition) is 5. The van der Waals surface area contributed by atoms with E-state index in [1.807, 2.05) is 43.8 Å². The summed E-state index contributed by atoms with van der Waals surface area (Å²) >= 11 is 0. The quantitative estimate of drug-likeness (QED) is 0.233. The van der Waals surface area contributed by atoms with Gasteiger partial charge in [0.05, 0.1) is 5.69 Å². The predicted octanol–water partition coefficient (Wildman–Crippen LogP) is 5.14. The Hall–Kier alpha value is -3.73. The Morgan fingerprint density at radius 2 is 1.57 bits per heavy atom. The lowest BCUT2D eigenvalue weighted by atomic mass is 9.84. The minimum Gasteiger partial charge on any atom is -0.344 e. The van der Waals surface area contributed by atoms with Gasteiger partial charge >= 0.3 is 0 Å². The molecule has 1 saturated heterocycles. The standard InChI is InChI=1S/C35H51FN6O4/c1-6-30(43)39-32(35(46)41-20-18-40(5)19-21-41)24(4)26-15-16-28(27(36)22-26)37-33(44)31(25-12-9-7-8-10-13-25)34(45)38-29-14-11-17-42(29)23(2)3/h11,14-17,22-25,31-32H,6-10,12-13,18-21H2,1-5H3,(H,37,44)(H,38,45)(H,39,43)/t24-,31-,32+/m0/s1. The zero-order valence-corrected chi connectivity index (χ0v) is 28.0. The Morgan fingerprint density at radius 3 is 2.17 bits per heavy atom. The average molecular weight is 639 g/mol. The van der Waals surface area contributed by atoms with Gasteiger partial charge in [-0.05, 0) is 69.5 Å². The Bertz CT molecular complexity index is 1360. The molecule has 3 atom stereocenters. The first-order valence-corrected chi connectivity index (χ1v) is 16.8. The number of aromatic nitrogens is 1. The molecule has 46 heavy (non-hydrogen) atoms. The zero-order valence-electron chi connectivity index (χ0n) is 28.0. The minimum absolute atomic E-state index is 0.0301. The number of nitrogens with one attached hydrogen (secondary N) is 3. The number of carbonyl (C=O) groups is 4. The summed E-state index contributed by atoms with van der Waals surface area (Å²) in [7, 11) is 2.00. The highest BCUT2D eigenvalue weighted by Crippen LogP contribution is 2.32. The summed E-state index contributed by atoms with van der Waals surface area (Å²) in [6.07, 6.45) is 7.61. The van der Waals surface area contributed by atoms with Crippen LogP contribution in [0.5, 0.6) is 0 Å². The lowest BCUT2D eigenvalue weighted by Crippen LogP contribution is -2.55. The molecule has 1 saturated carbocycles. The molecule has 2 aromatic rings. The van der Waals surface area contributed by atoms with Crippen molar-refractivity contribution >= 4 is 35.1 Å². The molecule has 11 heteroatoms. The molecule has 10 nitrogen and oxygen atoms in total. The van der Waals surface area contributed by atoms with Crippen LogP contribution in [0.3, 0.4) is 0 Å². The van der Waals surface area contributed by atoms with Gasteiger partial charge in [-0.2, -0.15) is 0 Å². The van der Waals surface area contributed by atoms with Gasteiger partial charge in [-0.1, -0.05) is 45.6 Å². The summed E-state index contributed by atoms with van der Waals surface area (Å²) in [5.41, 5.74) is 0.490. The third-order valence-corrected chi connectivity index (χ3v) is 9.52. The van der Waals surface area contributed by atoms with Crippen LogP contribution in [0.15, 0.2) is 36.5 Å². The summed E-state index contributed by atoms with van der Waals surface area (Å²) in [6, 6.07) is 7.38. The van der Waals surface area contributed by atoms with Crippen molar-refractivity contribution in [1.82, 2.24) is 19.7 Å². The molecule has 3 N–H and O–H groups in total. The number of nitrogens with zero attached hydrogens (tertiary/aromatic N) is 3. The molecule has 2 aliphatic rings. The van der Waals surface area contributed by atoms with E-state index in [2.05, 4.69) is 20.9 Å². The molecule has 0 unspecified atom stereocenters. The largest absolute Gasteiger partial charge is 0.344 e. The molecule has 252 valence electrons. The number of piperazine rings is 1. The molecule has 1 aromatic heterocycles. The predicted molar refractivity (Wildman–Crippen MR) is 178 cm³/mol. The van der Waals surface area contributed by atoms with E-state index >= 15 is 4.39 Å². The van der Waals surface area contributed by atoms with Crippen LogP contribution in [0.25, 0.3) is 0 Å². The molecule has 0 spiro atoms. The van der Waals surface area contributed by atoms with Crippen LogP contribution in [0.2, 0.25) is 0 Å². The number of anilines is 2. The smallest absolute Gasteiger partial charge is 0.245 e. The van der Waals surface area contributed by atoms with Gasteiger partial charge in [0.1, 0.15) is 23.6 Å². The van der Waals surface area contributed by atoms with Gasteiger partial charge in [0.15, 0.2) is 0 Å². The number of likely N-dealkylation sites (N-methyl/N-ethyl adjacent to an activating group) is 1. The maximum atomic E-state index is 15.7. The molecule has 2 heterocycles. The fourth-order valence-corrected chi connectivity index (χ4v) is 6.56. The minimum atomic E-state index is -0.985. The Labute approximate surface area is 272 Å². The maximum Gasteiger partial charge on any atom is 0.245 e. The number of benzene rings is 1. The second-order valence-corrected chi connectivity index (χ2v) is 13.2. The van der Waals surface area contributed by atoms with Crippen molar-refractivity contribution in [1.29, 1.82) is 0 Å². The molecule has 1 aliphatic heterocycles. The van der Waals surface area contributed by atoms with Crippen LogP contribution in [0.1, 0.15) is 90.2 Å². The van der Waals surface area contributed by atoms with Gasteiger partial charge < -0.3 is 30.3 Å². The Kier molecular flexibility index (Phi) is 12.4. The number of rotatable bonds is 11. The van der Waals surface area contributed by atoms with Gasteiger partial charge in [0.25, 0.3) is 0 Å². The lowest BCUT2D eigenvalue weighted by molar-refractivity contribution is -0.138. The molecule has 1 aromatic carbocycles. The highest BCUT2D eigenvalue weighted by molar-refractivity contribution is 6.11. The van der Waals surface area contributed by atoms with E-state index in [0.717, 1.165) is 51.6 Å². The number of carbonyl (C=O) groups excluding carboxylic acids is 4. The van der Waals surface area contributed by atoms with Crippen LogP contribution >= 0.6 is 0 Å². The average Bonchev–Trinajstić information content (AvgIpc) is 3.34. The van der Waals surface area contributed by atoms with Gasteiger partial charge in [-0.25, -0.2) is 4.39 Å². The van der Waals surface area contributed by atoms with Crippen molar-refractivity contribution in [3.05, 3.63) is 47.9 Å². The van der Waals surface area contributed by atoms with Gasteiger partial charge in [0.2, 0.25) is 23.6 Å². The van der Waals surface area contributed by atoms with Crippen molar-refractivity contribution in [2.24, 2.45) is 11.8 Å². The highest BCUT2D eigenvalue weighted by Gasteiger charge is 2.37. The molecular weight excluding hydrogens is 587 g/mol. The van der Waals surface area contributed by atoms with E-state index < -0.39 is 35.5 Å². The van der Waals surface area contributed by atoms with Crippen molar-refractivity contribution in [3.63, 3.8) is 0 Å². The SMILES string of the molecule is CCC(=O)N[C@@H](C(=O)N1CCN(C)CC1)[C@@H](C)c1ccc(NC(=O)[C@@H](C(=O)Nc2cccn2C(C)C)C2CCCCCC2)c(F)c1. The maximum absolute atomic E-state index is 15.7. The molecule has 1 aliphatic carbocycles. The molecule has 2 fully saturated rings. The number of amides is 4. The molecule has 0 bridgehead atoms. The van der Waals surface area contributed by atoms with Crippen molar-refractivity contribution in [3.8, 4) is 0 Å².